The number of rotatable bonds is 1. The number of nitrogens with zero attached hydrogens (tertiary/aromatic N) is 1. The average Bonchev–Trinajstić information content (AvgIpc) is 2.03. The van der Waals surface area contributed by atoms with Crippen LogP contribution in [-0.2, 0) is 5.41 Å². The molecule has 0 aliphatic carbocycles. The van der Waals surface area contributed by atoms with Crippen molar-refractivity contribution in [1.29, 1.82) is 5.26 Å². The molecule has 0 N–H and O–H groups in total. The first-order chi connectivity index (χ1) is 5.99. The van der Waals surface area contributed by atoms with Crippen molar-refractivity contribution >= 4 is 14.5 Å². The molecule has 0 amide bonds. The van der Waals surface area contributed by atoms with E-state index in [0.29, 0.717) is 5.56 Å². The van der Waals surface area contributed by atoms with Gasteiger partial charge in [-0.1, -0.05) is 12.1 Å². The van der Waals surface area contributed by atoms with Gasteiger partial charge in [0.1, 0.15) is 5.82 Å². The second kappa shape index (κ2) is 3.44. The molecule has 0 aromatic heterocycles. The zero-order valence-corrected chi connectivity index (χ0v) is 8.79. The quantitative estimate of drug-likeness (QED) is 0.630. The molecule has 68 valence electrons. The first-order valence-electron chi connectivity index (χ1n) is 3.95. The Kier molecular flexibility index (Phi) is 2.68. The Morgan fingerprint density at radius 3 is 2.54 bits per heavy atom. The monoisotopic (exact) mass is 195 g/mol. The molecule has 0 heterocycles. The van der Waals surface area contributed by atoms with Crippen LogP contribution < -0.4 is 5.30 Å². The zero-order valence-electron chi connectivity index (χ0n) is 7.63. The van der Waals surface area contributed by atoms with Crippen LogP contribution in [0.2, 0.25) is 0 Å². The second-order valence-electron chi connectivity index (χ2n) is 3.44. The summed E-state index contributed by atoms with van der Waals surface area (Å²) in [6.07, 6.45) is 0. The van der Waals surface area contributed by atoms with Crippen molar-refractivity contribution in [3.8, 4) is 6.07 Å². The van der Waals surface area contributed by atoms with E-state index in [4.69, 9.17) is 5.26 Å². The van der Waals surface area contributed by atoms with Gasteiger partial charge in [0, 0.05) is 5.56 Å². The lowest BCUT2D eigenvalue weighted by Crippen LogP contribution is -2.22. The fourth-order valence-corrected chi connectivity index (χ4v) is 1.87. The minimum Gasteiger partial charge on any atom is -0.207 e. The van der Waals surface area contributed by atoms with Crippen LogP contribution in [0.25, 0.3) is 0 Å². The summed E-state index contributed by atoms with van der Waals surface area (Å²) in [6.45, 7) is 3.41. The van der Waals surface area contributed by atoms with Crippen molar-refractivity contribution in [2.45, 2.75) is 19.3 Å². The zero-order chi connectivity index (χ0) is 10.1. The van der Waals surface area contributed by atoms with Crippen LogP contribution in [0.15, 0.2) is 18.2 Å². The van der Waals surface area contributed by atoms with Crippen molar-refractivity contribution in [3.05, 3.63) is 29.6 Å². The van der Waals surface area contributed by atoms with Crippen LogP contribution in [0.3, 0.4) is 0 Å². The maximum Gasteiger partial charge on any atom is 0.128 e. The van der Waals surface area contributed by atoms with E-state index in [2.05, 4.69) is 15.3 Å². The topological polar surface area (TPSA) is 23.8 Å². The van der Waals surface area contributed by atoms with Gasteiger partial charge in [-0.3, -0.25) is 0 Å². The Bertz CT molecular complexity index is 345. The second-order valence-corrected chi connectivity index (χ2v) is 4.06. The predicted octanol–water partition coefficient (Wildman–Crippen LogP) is 2.13. The maximum absolute atomic E-state index is 13.4. The molecule has 0 saturated carbocycles. The Balaban J connectivity index is 3.38. The van der Waals surface area contributed by atoms with Gasteiger partial charge in [-0.2, -0.15) is 5.26 Å². The Morgan fingerprint density at radius 1 is 1.46 bits per heavy atom. The lowest BCUT2D eigenvalue weighted by Gasteiger charge is -2.18. The first-order valence-corrected chi connectivity index (χ1v) is 4.52. The van der Waals surface area contributed by atoms with E-state index < -0.39 is 5.41 Å². The Morgan fingerprint density at radius 2 is 2.08 bits per heavy atom. The molecule has 0 saturated heterocycles. The van der Waals surface area contributed by atoms with E-state index in [1.54, 1.807) is 26.0 Å². The van der Waals surface area contributed by atoms with Crippen molar-refractivity contribution in [1.82, 2.24) is 0 Å². The van der Waals surface area contributed by atoms with Crippen molar-refractivity contribution in [3.63, 3.8) is 0 Å². The highest BCUT2D eigenvalue weighted by Gasteiger charge is 2.25. The number of hydrogen-bond donors (Lipinski definition) is 0. The molecule has 1 nitrogen and oxygen atoms in total. The third kappa shape index (κ3) is 1.87. The smallest absolute Gasteiger partial charge is 0.128 e. The highest BCUT2D eigenvalue weighted by Crippen LogP contribution is 2.24. The minimum absolute atomic E-state index is 0.320. The summed E-state index contributed by atoms with van der Waals surface area (Å²) in [5, 5.41) is 9.61. The first kappa shape index (κ1) is 10.2. The van der Waals surface area contributed by atoms with E-state index in [-0.39, 0.29) is 5.82 Å². The fourth-order valence-electron chi connectivity index (χ4n) is 1.26. The molecule has 0 spiro atoms. The standard InChI is InChI=1S/C10H11FNP/c1-10(2,6-12)9-7(11)4-3-5-8(9)13/h3-5H,13H2,1-2H3. The van der Waals surface area contributed by atoms with Gasteiger partial charge in [-0.15, -0.1) is 9.24 Å². The summed E-state index contributed by atoms with van der Waals surface area (Å²) in [5.41, 5.74) is -0.315. The summed E-state index contributed by atoms with van der Waals surface area (Å²) in [5.74, 6) is -0.320. The lowest BCUT2D eigenvalue weighted by atomic mass is 9.86. The number of halogens is 1. The summed E-state index contributed by atoms with van der Waals surface area (Å²) in [6, 6.07) is 6.88. The molecular weight excluding hydrogens is 184 g/mol. The van der Waals surface area contributed by atoms with E-state index in [1.165, 1.54) is 6.07 Å². The van der Waals surface area contributed by atoms with Crippen LogP contribution in [0.1, 0.15) is 19.4 Å². The lowest BCUT2D eigenvalue weighted by molar-refractivity contribution is 0.568. The van der Waals surface area contributed by atoms with Crippen LogP contribution in [0, 0.1) is 17.1 Å². The number of hydrogen-bond acceptors (Lipinski definition) is 1. The third-order valence-electron chi connectivity index (χ3n) is 1.95. The van der Waals surface area contributed by atoms with Crippen LogP contribution >= 0.6 is 9.24 Å². The fraction of sp³-hybridized carbons (Fsp3) is 0.300. The van der Waals surface area contributed by atoms with E-state index >= 15 is 0 Å². The van der Waals surface area contributed by atoms with Crippen molar-refractivity contribution in [2.75, 3.05) is 0 Å². The molecule has 13 heavy (non-hydrogen) atoms. The molecule has 0 bridgehead atoms. The van der Waals surface area contributed by atoms with Gasteiger partial charge in [-0.05, 0) is 25.2 Å². The van der Waals surface area contributed by atoms with Gasteiger partial charge < -0.3 is 0 Å². The highest BCUT2D eigenvalue weighted by atomic mass is 31.0. The largest absolute Gasteiger partial charge is 0.207 e. The molecule has 0 fully saturated rings. The van der Waals surface area contributed by atoms with E-state index in [9.17, 15) is 4.39 Å². The van der Waals surface area contributed by atoms with Gasteiger partial charge in [0.05, 0.1) is 11.5 Å². The van der Waals surface area contributed by atoms with E-state index in [0.717, 1.165) is 5.30 Å². The maximum atomic E-state index is 13.4. The minimum atomic E-state index is -0.775. The summed E-state index contributed by atoms with van der Waals surface area (Å²) in [4.78, 5) is 0. The SMILES string of the molecule is CC(C)(C#N)c1c(F)cccc1P. The molecule has 1 atom stereocenters. The molecule has 1 aromatic rings. The number of benzene rings is 1. The third-order valence-corrected chi connectivity index (χ3v) is 2.43. The van der Waals surface area contributed by atoms with Gasteiger partial charge in [-0.25, -0.2) is 4.39 Å². The summed E-state index contributed by atoms with van der Waals surface area (Å²) >= 11 is 0. The predicted molar refractivity (Wildman–Crippen MR) is 54.4 cm³/mol. The van der Waals surface area contributed by atoms with Gasteiger partial charge in [0.25, 0.3) is 0 Å². The van der Waals surface area contributed by atoms with Gasteiger partial charge in [0.15, 0.2) is 0 Å². The van der Waals surface area contributed by atoms with E-state index in [1.807, 2.05) is 0 Å². The highest BCUT2D eigenvalue weighted by molar-refractivity contribution is 7.27. The van der Waals surface area contributed by atoms with Crippen LogP contribution in [-0.4, -0.2) is 0 Å². The van der Waals surface area contributed by atoms with Crippen molar-refractivity contribution in [2.24, 2.45) is 0 Å². The molecular formula is C10H11FNP. The summed E-state index contributed by atoms with van der Waals surface area (Å²) in [7, 11) is 2.45. The molecule has 3 heteroatoms. The van der Waals surface area contributed by atoms with Gasteiger partial charge in [0.2, 0.25) is 0 Å². The Hall–Kier alpha value is -0.930. The molecule has 1 unspecified atom stereocenters. The Labute approximate surface area is 79.8 Å². The molecule has 1 rings (SSSR count). The summed E-state index contributed by atoms with van der Waals surface area (Å²) < 4.78 is 13.4. The molecule has 0 radical (unpaired) electrons. The average molecular weight is 195 g/mol. The molecule has 0 aliphatic heterocycles. The van der Waals surface area contributed by atoms with Crippen molar-refractivity contribution < 1.29 is 4.39 Å². The molecule has 0 aliphatic rings. The van der Waals surface area contributed by atoms with Crippen LogP contribution in [0.5, 0.6) is 0 Å². The molecule has 1 aromatic carbocycles. The normalized spacial score (nSPS) is 11.0. The number of nitriles is 1. The van der Waals surface area contributed by atoms with Crippen LogP contribution in [0.4, 0.5) is 4.39 Å². The van der Waals surface area contributed by atoms with Gasteiger partial charge >= 0.3 is 0 Å².